The maximum atomic E-state index is 13.9. The van der Waals surface area contributed by atoms with Crippen molar-refractivity contribution in [1.29, 1.82) is 0 Å². The average Bonchev–Trinajstić information content (AvgIpc) is 2.94. The van der Waals surface area contributed by atoms with Crippen LogP contribution in [0.4, 0.5) is 11.4 Å². The number of nitro benzene ring substituents is 1. The standard InChI is InChI=1S/C27H28Cl2N4O6S/c1-3-14-30-27(35)19(2)31(17-20-12-13-21(28)15-25(20)29)26(34)18-32(22-8-7-9-23(16-22)33(36)37)40(38,39)24-10-5-4-6-11-24/h4-13,15-16,19H,3,14,17-18H2,1-2H3,(H,30,35)/t19-/m0/s1. The largest absolute Gasteiger partial charge is 0.354 e. The van der Waals surface area contributed by atoms with Gasteiger partial charge in [0.1, 0.15) is 12.6 Å². The van der Waals surface area contributed by atoms with Gasteiger partial charge in [-0.15, -0.1) is 0 Å². The van der Waals surface area contributed by atoms with Gasteiger partial charge in [0.05, 0.1) is 15.5 Å². The molecule has 3 aromatic carbocycles. The topological polar surface area (TPSA) is 130 Å². The third kappa shape index (κ3) is 7.50. The zero-order valence-electron chi connectivity index (χ0n) is 21.8. The minimum atomic E-state index is -4.35. The SMILES string of the molecule is CCCNC(=O)[C@H](C)N(Cc1ccc(Cl)cc1Cl)C(=O)CN(c1cccc([N+](=O)[O-])c1)S(=O)(=O)c1ccccc1. The van der Waals surface area contributed by atoms with Crippen LogP contribution in [0.25, 0.3) is 0 Å². The predicted molar refractivity (Wildman–Crippen MR) is 154 cm³/mol. The van der Waals surface area contributed by atoms with Crippen LogP contribution in [0.2, 0.25) is 10.0 Å². The molecule has 1 atom stereocenters. The Morgan fingerprint density at radius 2 is 1.73 bits per heavy atom. The molecule has 0 aromatic heterocycles. The molecule has 13 heteroatoms. The lowest BCUT2D eigenvalue weighted by Gasteiger charge is -2.32. The highest BCUT2D eigenvalue weighted by Crippen LogP contribution is 2.28. The van der Waals surface area contributed by atoms with Gasteiger partial charge in [0, 0.05) is 35.3 Å². The molecule has 0 fully saturated rings. The van der Waals surface area contributed by atoms with Gasteiger partial charge in [-0.05, 0) is 49.2 Å². The number of hydrogen-bond acceptors (Lipinski definition) is 6. The summed E-state index contributed by atoms with van der Waals surface area (Å²) in [5.41, 5.74) is 0.0525. The molecule has 3 aromatic rings. The summed E-state index contributed by atoms with van der Waals surface area (Å²) in [4.78, 5) is 38.6. The smallest absolute Gasteiger partial charge is 0.271 e. The molecule has 10 nitrogen and oxygen atoms in total. The summed E-state index contributed by atoms with van der Waals surface area (Å²) in [7, 11) is -4.35. The van der Waals surface area contributed by atoms with E-state index in [0.717, 1.165) is 10.4 Å². The maximum absolute atomic E-state index is 13.9. The number of non-ortho nitro benzene ring substituents is 1. The van der Waals surface area contributed by atoms with Gasteiger partial charge in [-0.1, -0.05) is 60.5 Å². The molecular weight excluding hydrogens is 579 g/mol. The van der Waals surface area contributed by atoms with Crippen molar-refractivity contribution in [2.45, 2.75) is 37.8 Å². The summed E-state index contributed by atoms with van der Waals surface area (Å²) in [5.74, 6) is -1.16. The second-order valence-electron chi connectivity index (χ2n) is 8.83. The Morgan fingerprint density at radius 3 is 2.35 bits per heavy atom. The number of hydrogen-bond donors (Lipinski definition) is 1. The van der Waals surface area contributed by atoms with Crippen LogP contribution in [0.1, 0.15) is 25.8 Å². The number of halogens is 2. The van der Waals surface area contributed by atoms with Crippen LogP contribution >= 0.6 is 23.2 Å². The number of amides is 2. The molecule has 0 saturated heterocycles. The monoisotopic (exact) mass is 606 g/mol. The Bertz CT molecular complexity index is 1490. The van der Waals surface area contributed by atoms with E-state index in [0.29, 0.717) is 23.6 Å². The molecule has 2 amide bonds. The Morgan fingerprint density at radius 1 is 1.02 bits per heavy atom. The fourth-order valence-electron chi connectivity index (χ4n) is 3.82. The quantitative estimate of drug-likeness (QED) is 0.227. The number of anilines is 1. The van der Waals surface area contributed by atoms with E-state index >= 15 is 0 Å². The minimum absolute atomic E-state index is 0.0843. The Labute approximate surface area is 242 Å². The molecule has 0 radical (unpaired) electrons. The van der Waals surface area contributed by atoms with E-state index in [-0.39, 0.29) is 27.8 Å². The minimum Gasteiger partial charge on any atom is -0.354 e. The zero-order valence-corrected chi connectivity index (χ0v) is 24.1. The Kier molecular flexibility index (Phi) is 10.5. The molecule has 40 heavy (non-hydrogen) atoms. The first-order valence-corrected chi connectivity index (χ1v) is 14.5. The number of carbonyl (C=O) groups excluding carboxylic acids is 2. The lowest BCUT2D eigenvalue weighted by atomic mass is 10.1. The fourth-order valence-corrected chi connectivity index (χ4v) is 5.72. The van der Waals surface area contributed by atoms with Crippen molar-refractivity contribution in [3.63, 3.8) is 0 Å². The Balaban J connectivity index is 2.07. The van der Waals surface area contributed by atoms with E-state index in [1.54, 1.807) is 18.2 Å². The predicted octanol–water partition coefficient (Wildman–Crippen LogP) is 5.04. The average molecular weight is 608 g/mol. The number of rotatable bonds is 12. The molecular formula is C27H28Cl2N4O6S. The van der Waals surface area contributed by atoms with Crippen molar-refractivity contribution in [2.24, 2.45) is 0 Å². The van der Waals surface area contributed by atoms with Gasteiger partial charge in [-0.25, -0.2) is 8.42 Å². The van der Waals surface area contributed by atoms with Crippen molar-refractivity contribution >= 4 is 56.4 Å². The highest BCUT2D eigenvalue weighted by Gasteiger charge is 2.33. The normalized spacial score (nSPS) is 11.9. The molecule has 0 bridgehead atoms. The van der Waals surface area contributed by atoms with Crippen molar-refractivity contribution in [3.8, 4) is 0 Å². The van der Waals surface area contributed by atoms with E-state index in [9.17, 15) is 28.1 Å². The lowest BCUT2D eigenvalue weighted by Crippen LogP contribution is -2.51. The molecule has 3 rings (SSSR count). The van der Waals surface area contributed by atoms with Gasteiger partial charge in [-0.2, -0.15) is 0 Å². The first-order chi connectivity index (χ1) is 18.9. The third-order valence-electron chi connectivity index (χ3n) is 6.01. The summed E-state index contributed by atoms with van der Waals surface area (Å²) >= 11 is 12.4. The number of carbonyl (C=O) groups is 2. The number of nitro groups is 1. The molecule has 0 unspecified atom stereocenters. The van der Waals surface area contributed by atoms with Crippen LogP contribution in [-0.2, 0) is 26.2 Å². The van der Waals surface area contributed by atoms with Gasteiger partial charge in [0.2, 0.25) is 11.8 Å². The molecule has 0 aliphatic heterocycles. The van der Waals surface area contributed by atoms with E-state index in [1.807, 2.05) is 6.92 Å². The molecule has 0 aliphatic rings. The molecule has 0 heterocycles. The number of benzene rings is 3. The van der Waals surface area contributed by atoms with Gasteiger partial charge in [-0.3, -0.25) is 24.0 Å². The zero-order chi connectivity index (χ0) is 29.4. The molecule has 212 valence electrons. The summed E-state index contributed by atoms with van der Waals surface area (Å²) in [6.45, 7) is 2.93. The summed E-state index contributed by atoms with van der Waals surface area (Å²) < 4.78 is 28.3. The molecule has 0 spiro atoms. The van der Waals surface area contributed by atoms with Gasteiger partial charge in [0.25, 0.3) is 15.7 Å². The van der Waals surface area contributed by atoms with E-state index < -0.39 is 39.3 Å². The highest BCUT2D eigenvalue weighted by atomic mass is 35.5. The highest BCUT2D eigenvalue weighted by molar-refractivity contribution is 7.92. The van der Waals surface area contributed by atoms with Gasteiger partial charge >= 0.3 is 0 Å². The van der Waals surface area contributed by atoms with Crippen molar-refractivity contribution in [1.82, 2.24) is 10.2 Å². The second kappa shape index (κ2) is 13.6. The van der Waals surface area contributed by atoms with Crippen molar-refractivity contribution in [2.75, 3.05) is 17.4 Å². The van der Waals surface area contributed by atoms with Crippen molar-refractivity contribution in [3.05, 3.63) is 98.5 Å². The molecule has 0 saturated carbocycles. The Hall–Kier alpha value is -3.67. The summed E-state index contributed by atoms with van der Waals surface area (Å²) in [5, 5.41) is 14.8. The van der Waals surface area contributed by atoms with Gasteiger partial charge < -0.3 is 10.2 Å². The number of nitrogens with one attached hydrogen (secondary N) is 1. The van der Waals surface area contributed by atoms with Crippen LogP contribution in [0.15, 0.2) is 77.7 Å². The maximum Gasteiger partial charge on any atom is 0.271 e. The fraction of sp³-hybridized carbons (Fsp3) is 0.259. The van der Waals surface area contributed by atoms with E-state index in [2.05, 4.69) is 5.32 Å². The van der Waals surface area contributed by atoms with Crippen LogP contribution in [0, 0.1) is 10.1 Å². The van der Waals surface area contributed by atoms with Crippen LogP contribution in [-0.4, -0.2) is 49.2 Å². The summed E-state index contributed by atoms with van der Waals surface area (Å²) in [6.07, 6.45) is 0.672. The summed E-state index contributed by atoms with van der Waals surface area (Å²) in [6, 6.07) is 16.1. The first-order valence-electron chi connectivity index (χ1n) is 12.3. The van der Waals surface area contributed by atoms with Crippen molar-refractivity contribution < 1.29 is 22.9 Å². The van der Waals surface area contributed by atoms with E-state index in [1.165, 1.54) is 60.4 Å². The number of nitrogens with zero attached hydrogens (tertiary/aromatic N) is 3. The number of sulfonamides is 1. The van der Waals surface area contributed by atoms with E-state index in [4.69, 9.17) is 23.2 Å². The van der Waals surface area contributed by atoms with Gasteiger partial charge in [0.15, 0.2) is 0 Å². The lowest BCUT2D eigenvalue weighted by molar-refractivity contribution is -0.384. The van der Waals surface area contributed by atoms with Crippen LogP contribution < -0.4 is 9.62 Å². The third-order valence-corrected chi connectivity index (χ3v) is 8.39. The van der Waals surface area contributed by atoms with Crippen LogP contribution in [0.3, 0.4) is 0 Å². The molecule has 1 N–H and O–H groups in total. The molecule has 0 aliphatic carbocycles. The second-order valence-corrected chi connectivity index (χ2v) is 11.5. The first kappa shape index (κ1) is 30.9. The van der Waals surface area contributed by atoms with Crippen LogP contribution in [0.5, 0.6) is 0 Å².